The van der Waals surface area contributed by atoms with Crippen LogP contribution in [0.15, 0.2) is 35.2 Å². The Morgan fingerprint density at radius 1 is 1.24 bits per heavy atom. The summed E-state index contributed by atoms with van der Waals surface area (Å²) in [6.45, 7) is 5.43. The molecule has 5 nitrogen and oxygen atoms in total. The maximum absolute atomic E-state index is 12.7. The van der Waals surface area contributed by atoms with Crippen molar-refractivity contribution < 1.29 is 13.2 Å². The maximum atomic E-state index is 12.7. The van der Waals surface area contributed by atoms with Gasteiger partial charge in [-0.05, 0) is 38.8 Å². The number of nitrogens with zero attached hydrogens (tertiary/aromatic N) is 2. The molecule has 1 aromatic rings. The van der Waals surface area contributed by atoms with Gasteiger partial charge in [0.1, 0.15) is 6.04 Å². The first-order valence-corrected chi connectivity index (χ1v) is 8.82. The molecule has 21 heavy (non-hydrogen) atoms. The zero-order valence-electron chi connectivity index (χ0n) is 12.5. The summed E-state index contributed by atoms with van der Waals surface area (Å²) in [7, 11) is -3.60. The number of sulfonamides is 1. The van der Waals surface area contributed by atoms with Crippen LogP contribution in [0.25, 0.3) is 0 Å². The fourth-order valence-electron chi connectivity index (χ4n) is 2.75. The lowest BCUT2D eigenvalue weighted by Crippen LogP contribution is -2.47. The normalized spacial score (nSPS) is 19.6. The number of benzene rings is 1. The van der Waals surface area contributed by atoms with Gasteiger partial charge in [-0.2, -0.15) is 4.31 Å². The number of rotatable bonds is 5. The van der Waals surface area contributed by atoms with Crippen LogP contribution in [-0.4, -0.2) is 49.2 Å². The Morgan fingerprint density at radius 3 is 2.43 bits per heavy atom. The fourth-order valence-corrected chi connectivity index (χ4v) is 4.42. The lowest BCUT2D eigenvalue weighted by Gasteiger charge is -2.28. The van der Waals surface area contributed by atoms with E-state index in [-0.39, 0.29) is 10.8 Å². The second kappa shape index (κ2) is 6.58. The maximum Gasteiger partial charge on any atom is 0.243 e. The molecule has 1 aliphatic heterocycles. The highest BCUT2D eigenvalue weighted by atomic mass is 32.2. The van der Waals surface area contributed by atoms with Crippen molar-refractivity contribution in [3.8, 4) is 0 Å². The minimum atomic E-state index is -3.60. The summed E-state index contributed by atoms with van der Waals surface area (Å²) < 4.78 is 26.8. The molecule has 1 atom stereocenters. The molecule has 1 heterocycles. The third kappa shape index (κ3) is 3.11. The number of amides is 1. The second-order valence-electron chi connectivity index (χ2n) is 5.10. The van der Waals surface area contributed by atoms with Crippen LogP contribution < -0.4 is 0 Å². The topological polar surface area (TPSA) is 57.7 Å². The van der Waals surface area contributed by atoms with Gasteiger partial charge in [0.05, 0.1) is 4.90 Å². The van der Waals surface area contributed by atoms with Crippen molar-refractivity contribution in [2.45, 2.75) is 37.6 Å². The minimum Gasteiger partial charge on any atom is -0.342 e. The predicted octanol–water partition coefficient (Wildman–Crippen LogP) is 1.71. The molecule has 1 amide bonds. The van der Waals surface area contributed by atoms with Gasteiger partial charge in [0.2, 0.25) is 15.9 Å². The number of likely N-dealkylation sites (N-methyl/N-ethyl adjacent to an activating group) is 1. The monoisotopic (exact) mass is 310 g/mol. The number of hydrogen-bond donors (Lipinski definition) is 0. The average molecular weight is 310 g/mol. The van der Waals surface area contributed by atoms with E-state index in [0.29, 0.717) is 26.1 Å². The molecule has 1 aromatic carbocycles. The molecule has 1 saturated heterocycles. The molecular weight excluding hydrogens is 288 g/mol. The first kappa shape index (κ1) is 16.0. The third-order valence-electron chi connectivity index (χ3n) is 3.91. The number of hydrogen-bond acceptors (Lipinski definition) is 3. The molecule has 0 bridgehead atoms. The molecular formula is C15H22N2O3S. The predicted molar refractivity (Wildman–Crippen MR) is 81.3 cm³/mol. The van der Waals surface area contributed by atoms with E-state index in [9.17, 15) is 13.2 Å². The quantitative estimate of drug-likeness (QED) is 0.832. The van der Waals surface area contributed by atoms with Crippen molar-refractivity contribution in [3.63, 3.8) is 0 Å². The Hall–Kier alpha value is -1.40. The van der Waals surface area contributed by atoms with E-state index in [0.717, 1.165) is 6.42 Å². The first-order valence-electron chi connectivity index (χ1n) is 7.38. The number of carbonyl (C=O) groups excluding carboxylic acids is 1. The van der Waals surface area contributed by atoms with Crippen LogP contribution in [0.3, 0.4) is 0 Å². The Morgan fingerprint density at radius 2 is 1.86 bits per heavy atom. The summed E-state index contributed by atoms with van der Waals surface area (Å²) in [6.07, 6.45) is 1.32. The number of carbonyl (C=O) groups is 1. The second-order valence-corrected chi connectivity index (χ2v) is 6.99. The highest BCUT2D eigenvalue weighted by molar-refractivity contribution is 7.89. The standard InChI is InChI=1S/C15H22N2O3S/c1-3-16(4-2)15(18)14-11-8-12-17(14)21(19,20)13-9-6-5-7-10-13/h5-7,9-10,14H,3-4,8,11-12H2,1-2H3. The Bertz CT molecular complexity index is 582. The highest BCUT2D eigenvalue weighted by Gasteiger charge is 2.40. The molecule has 0 aromatic heterocycles. The molecule has 1 fully saturated rings. The molecule has 6 heteroatoms. The molecule has 0 saturated carbocycles. The van der Waals surface area contributed by atoms with Gasteiger partial charge in [-0.15, -0.1) is 0 Å². The smallest absolute Gasteiger partial charge is 0.243 e. The van der Waals surface area contributed by atoms with Crippen LogP contribution in [0.1, 0.15) is 26.7 Å². The van der Waals surface area contributed by atoms with Gasteiger partial charge in [0.15, 0.2) is 0 Å². The van der Waals surface area contributed by atoms with Crippen molar-refractivity contribution in [1.82, 2.24) is 9.21 Å². The summed E-state index contributed by atoms with van der Waals surface area (Å²) in [5, 5.41) is 0. The van der Waals surface area contributed by atoms with E-state index in [4.69, 9.17) is 0 Å². The van der Waals surface area contributed by atoms with Crippen molar-refractivity contribution >= 4 is 15.9 Å². The van der Waals surface area contributed by atoms with Crippen molar-refractivity contribution in [2.24, 2.45) is 0 Å². The summed E-state index contributed by atoms with van der Waals surface area (Å²) in [4.78, 5) is 14.5. The van der Waals surface area contributed by atoms with Crippen LogP contribution in [0.2, 0.25) is 0 Å². The summed E-state index contributed by atoms with van der Waals surface area (Å²) >= 11 is 0. The van der Waals surface area contributed by atoms with Gasteiger partial charge < -0.3 is 4.90 Å². The molecule has 0 radical (unpaired) electrons. The molecule has 0 aliphatic carbocycles. The molecule has 0 spiro atoms. The van der Waals surface area contributed by atoms with E-state index >= 15 is 0 Å². The first-order chi connectivity index (χ1) is 10.0. The molecule has 1 aliphatic rings. The fraction of sp³-hybridized carbons (Fsp3) is 0.533. The molecule has 0 N–H and O–H groups in total. The van der Waals surface area contributed by atoms with Gasteiger partial charge >= 0.3 is 0 Å². The zero-order valence-corrected chi connectivity index (χ0v) is 13.3. The van der Waals surface area contributed by atoms with E-state index < -0.39 is 16.1 Å². The van der Waals surface area contributed by atoms with Crippen molar-refractivity contribution in [3.05, 3.63) is 30.3 Å². The van der Waals surface area contributed by atoms with Crippen LogP contribution in [-0.2, 0) is 14.8 Å². The van der Waals surface area contributed by atoms with Crippen molar-refractivity contribution in [2.75, 3.05) is 19.6 Å². The Balaban J connectivity index is 2.29. The summed E-state index contributed by atoms with van der Waals surface area (Å²) in [5.41, 5.74) is 0. The van der Waals surface area contributed by atoms with Crippen LogP contribution >= 0.6 is 0 Å². The van der Waals surface area contributed by atoms with Crippen LogP contribution in [0.5, 0.6) is 0 Å². The van der Waals surface area contributed by atoms with E-state index in [1.165, 1.54) is 4.31 Å². The Labute approximate surface area is 126 Å². The minimum absolute atomic E-state index is 0.0861. The van der Waals surface area contributed by atoms with Gasteiger partial charge in [-0.1, -0.05) is 18.2 Å². The lowest BCUT2D eigenvalue weighted by molar-refractivity contribution is -0.134. The van der Waals surface area contributed by atoms with Gasteiger partial charge in [0.25, 0.3) is 0 Å². The SMILES string of the molecule is CCN(CC)C(=O)C1CCCN1S(=O)(=O)c1ccccc1. The van der Waals surface area contributed by atoms with E-state index in [1.54, 1.807) is 35.2 Å². The van der Waals surface area contributed by atoms with Gasteiger partial charge in [-0.25, -0.2) is 8.42 Å². The third-order valence-corrected chi connectivity index (χ3v) is 5.84. The van der Waals surface area contributed by atoms with E-state index in [2.05, 4.69) is 0 Å². The highest BCUT2D eigenvalue weighted by Crippen LogP contribution is 2.27. The van der Waals surface area contributed by atoms with Crippen molar-refractivity contribution in [1.29, 1.82) is 0 Å². The summed E-state index contributed by atoms with van der Waals surface area (Å²) in [5.74, 6) is -0.0861. The van der Waals surface area contributed by atoms with Crippen LogP contribution in [0, 0.1) is 0 Å². The van der Waals surface area contributed by atoms with Gasteiger partial charge in [0, 0.05) is 19.6 Å². The van der Waals surface area contributed by atoms with Gasteiger partial charge in [-0.3, -0.25) is 4.79 Å². The molecule has 116 valence electrons. The summed E-state index contributed by atoms with van der Waals surface area (Å²) in [6, 6.07) is 7.77. The average Bonchev–Trinajstić information content (AvgIpc) is 2.99. The van der Waals surface area contributed by atoms with E-state index in [1.807, 2.05) is 13.8 Å². The lowest BCUT2D eigenvalue weighted by atomic mass is 10.2. The largest absolute Gasteiger partial charge is 0.342 e. The molecule has 2 rings (SSSR count). The van der Waals surface area contributed by atoms with Crippen LogP contribution in [0.4, 0.5) is 0 Å². The molecule has 1 unspecified atom stereocenters. The zero-order chi connectivity index (χ0) is 15.5. The Kier molecular flexibility index (Phi) is 5.00.